The van der Waals surface area contributed by atoms with Crippen molar-refractivity contribution in [2.45, 2.75) is 12.8 Å². The molecule has 7 rings (SSSR count). The summed E-state index contributed by atoms with van der Waals surface area (Å²) in [6.07, 6.45) is 1.99. The molecule has 0 fully saturated rings. The molecule has 36 heavy (non-hydrogen) atoms. The van der Waals surface area contributed by atoms with Gasteiger partial charge in [0.15, 0.2) is 5.58 Å². The Morgan fingerprint density at radius 2 is 1.19 bits per heavy atom. The minimum atomic E-state index is 0.643. The number of rotatable bonds is 4. The Balaban J connectivity index is 1.56. The predicted molar refractivity (Wildman–Crippen MR) is 147 cm³/mol. The van der Waals surface area contributed by atoms with Crippen molar-refractivity contribution < 1.29 is 4.42 Å². The van der Waals surface area contributed by atoms with Gasteiger partial charge in [0.1, 0.15) is 5.52 Å². The molecule has 0 amide bonds. The van der Waals surface area contributed by atoms with Gasteiger partial charge in [-0.1, -0.05) is 78.9 Å². The molecule has 0 unspecified atom stereocenters. The Bertz CT molecular complexity index is 1630. The van der Waals surface area contributed by atoms with Gasteiger partial charge in [-0.3, -0.25) is 0 Å². The third kappa shape index (κ3) is 3.40. The summed E-state index contributed by atoms with van der Waals surface area (Å²) in [5, 5.41) is 0. The van der Waals surface area contributed by atoms with E-state index in [0.29, 0.717) is 5.89 Å². The maximum Gasteiger partial charge on any atom is 0.227 e. The normalized spacial score (nSPS) is 12.2. The fourth-order valence-electron chi connectivity index (χ4n) is 5.32. The molecule has 1 aromatic heterocycles. The SMILES string of the molecule is c1ccc(-c2nc3c4c(cc(N(c5ccccc5)c5ccccc5)c3o2)CCc2ccccc2-4)cc1. The van der Waals surface area contributed by atoms with Crippen molar-refractivity contribution in [3.63, 3.8) is 0 Å². The van der Waals surface area contributed by atoms with Crippen LogP contribution in [0.15, 0.2) is 126 Å². The van der Waals surface area contributed by atoms with Crippen LogP contribution in [0, 0.1) is 0 Å². The van der Waals surface area contributed by atoms with Crippen LogP contribution in [-0.4, -0.2) is 4.98 Å². The molecule has 172 valence electrons. The van der Waals surface area contributed by atoms with Crippen LogP contribution >= 0.6 is 0 Å². The first-order valence-corrected chi connectivity index (χ1v) is 12.4. The van der Waals surface area contributed by atoms with Gasteiger partial charge >= 0.3 is 0 Å². The van der Waals surface area contributed by atoms with Crippen molar-refractivity contribution >= 4 is 28.2 Å². The van der Waals surface area contributed by atoms with Crippen LogP contribution in [0.25, 0.3) is 33.7 Å². The number of aromatic nitrogens is 1. The average Bonchev–Trinajstić information content (AvgIpc) is 3.40. The Kier molecular flexibility index (Phi) is 4.92. The highest BCUT2D eigenvalue weighted by atomic mass is 16.3. The van der Waals surface area contributed by atoms with E-state index in [9.17, 15) is 0 Å². The third-order valence-electron chi connectivity index (χ3n) is 6.97. The molecule has 0 atom stereocenters. The van der Waals surface area contributed by atoms with Gasteiger partial charge in [-0.2, -0.15) is 0 Å². The summed E-state index contributed by atoms with van der Waals surface area (Å²) in [6.45, 7) is 0. The summed E-state index contributed by atoms with van der Waals surface area (Å²) in [6, 6.07) is 42.1. The molecular formula is C33H24N2O. The molecule has 0 radical (unpaired) electrons. The van der Waals surface area contributed by atoms with E-state index in [1.807, 2.05) is 30.3 Å². The molecule has 6 aromatic rings. The standard InChI is InChI=1S/C33H24N2O/c1-4-13-24(14-5-1)33-34-31-30-25(21-20-23-12-10-11-19-28(23)30)22-29(32(31)36-33)35(26-15-6-2-7-16-26)27-17-8-3-9-18-27/h1-19,22H,20-21H2. The highest BCUT2D eigenvalue weighted by Crippen LogP contribution is 2.47. The van der Waals surface area contributed by atoms with Crippen molar-refractivity contribution in [2.24, 2.45) is 0 Å². The summed E-state index contributed by atoms with van der Waals surface area (Å²) in [5.41, 5.74) is 11.0. The number of nitrogens with zero attached hydrogens (tertiary/aromatic N) is 2. The average molecular weight is 465 g/mol. The third-order valence-corrected chi connectivity index (χ3v) is 6.97. The van der Waals surface area contributed by atoms with Crippen LogP contribution in [0.4, 0.5) is 17.1 Å². The molecule has 0 N–H and O–H groups in total. The van der Waals surface area contributed by atoms with Crippen molar-refractivity contribution in [3.05, 3.63) is 132 Å². The van der Waals surface area contributed by atoms with Crippen molar-refractivity contribution in [1.82, 2.24) is 4.98 Å². The van der Waals surface area contributed by atoms with E-state index in [0.717, 1.165) is 46.6 Å². The molecule has 3 heteroatoms. The molecule has 1 aliphatic rings. The lowest BCUT2D eigenvalue weighted by molar-refractivity contribution is 0.620. The zero-order chi connectivity index (χ0) is 23.9. The molecule has 3 nitrogen and oxygen atoms in total. The first kappa shape index (κ1) is 20.7. The lowest BCUT2D eigenvalue weighted by atomic mass is 9.84. The maximum atomic E-state index is 6.64. The molecule has 1 aliphatic carbocycles. The van der Waals surface area contributed by atoms with Gasteiger partial charge in [-0.05, 0) is 72.0 Å². The van der Waals surface area contributed by atoms with E-state index in [1.165, 1.54) is 22.3 Å². The summed E-state index contributed by atoms with van der Waals surface area (Å²) in [4.78, 5) is 7.41. The number of anilines is 3. The summed E-state index contributed by atoms with van der Waals surface area (Å²) in [5.74, 6) is 0.643. The number of fused-ring (bicyclic) bond motifs is 5. The van der Waals surface area contributed by atoms with Crippen LogP contribution in [0.5, 0.6) is 0 Å². The number of para-hydroxylation sites is 2. The molecule has 0 bridgehead atoms. The van der Waals surface area contributed by atoms with E-state index in [2.05, 4.69) is 95.9 Å². The fourth-order valence-corrected chi connectivity index (χ4v) is 5.32. The number of benzene rings is 5. The molecule has 0 spiro atoms. The van der Waals surface area contributed by atoms with Crippen molar-refractivity contribution in [2.75, 3.05) is 4.90 Å². The Morgan fingerprint density at radius 3 is 1.89 bits per heavy atom. The predicted octanol–water partition coefficient (Wildman–Crippen LogP) is 8.73. The second-order valence-electron chi connectivity index (χ2n) is 9.16. The Hall–Kier alpha value is -4.63. The fraction of sp³-hybridized carbons (Fsp3) is 0.0606. The Morgan fingerprint density at radius 1 is 0.611 bits per heavy atom. The van der Waals surface area contributed by atoms with Crippen LogP contribution in [0.1, 0.15) is 11.1 Å². The van der Waals surface area contributed by atoms with Gasteiger partial charge in [0.05, 0.1) is 5.69 Å². The molecule has 5 aromatic carbocycles. The number of oxazole rings is 1. The highest BCUT2D eigenvalue weighted by Gasteiger charge is 2.27. The minimum Gasteiger partial charge on any atom is -0.434 e. The topological polar surface area (TPSA) is 29.3 Å². The van der Waals surface area contributed by atoms with Gasteiger partial charge in [0.25, 0.3) is 0 Å². The van der Waals surface area contributed by atoms with E-state index in [1.54, 1.807) is 0 Å². The second-order valence-corrected chi connectivity index (χ2v) is 9.16. The zero-order valence-electron chi connectivity index (χ0n) is 19.8. The zero-order valence-corrected chi connectivity index (χ0v) is 19.8. The second kappa shape index (κ2) is 8.54. The number of aryl methyl sites for hydroxylation is 2. The molecule has 1 heterocycles. The Labute approximate surface area is 210 Å². The first-order valence-electron chi connectivity index (χ1n) is 12.4. The van der Waals surface area contributed by atoms with Gasteiger partial charge in [-0.25, -0.2) is 4.98 Å². The molecule has 0 saturated carbocycles. The number of hydrogen-bond acceptors (Lipinski definition) is 3. The molecule has 0 saturated heterocycles. The van der Waals surface area contributed by atoms with Crippen LogP contribution in [-0.2, 0) is 12.8 Å². The summed E-state index contributed by atoms with van der Waals surface area (Å²) in [7, 11) is 0. The lowest BCUT2D eigenvalue weighted by Crippen LogP contribution is -2.12. The van der Waals surface area contributed by atoms with Gasteiger partial charge in [0.2, 0.25) is 5.89 Å². The molecule has 0 aliphatic heterocycles. The number of hydrogen-bond donors (Lipinski definition) is 0. The summed E-state index contributed by atoms with van der Waals surface area (Å²) < 4.78 is 6.64. The maximum absolute atomic E-state index is 6.64. The van der Waals surface area contributed by atoms with E-state index < -0.39 is 0 Å². The smallest absolute Gasteiger partial charge is 0.227 e. The van der Waals surface area contributed by atoms with Gasteiger partial charge in [0, 0.05) is 22.5 Å². The van der Waals surface area contributed by atoms with E-state index >= 15 is 0 Å². The monoisotopic (exact) mass is 464 g/mol. The summed E-state index contributed by atoms with van der Waals surface area (Å²) >= 11 is 0. The quantitative estimate of drug-likeness (QED) is 0.261. The molecular weight excluding hydrogens is 440 g/mol. The van der Waals surface area contributed by atoms with Gasteiger partial charge in [-0.15, -0.1) is 0 Å². The van der Waals surface area contributed by atoms with Crippen molar-refractivity contribution in [3.8, 4) is 22.6 Å². The first-order chi connectivity index (χ1) is 17.9. The van der Waals surface area contributed by atoms with Crippen LogP contribution in [0.3, 0.4) is 0 Å². The van der Waals surface area contributed by atoms with E-state index in [-0.39, 0.29) is 0 Å². The minimum absolute atomic E-state index is 0.643. The van der Waals surface area contributed by atoms with Crippen LogP contribution < -0.4 is 4.90 Å². The van der Waals surface area contributed by atoms with Gasteiger partial charge < -0.3 is 9.32 Å². The van der Waals surface area contributed by atoms with Crippen LogP contribution in [0.2, 0.25) is 0 Å². The van der Waals surface area contributed by atoms with E-state index in [4.69, 9.17) is 9.40 Å². The lowest BCUT2D eigenvalue weighted by Gasteiger charge is -2.28. The largest absolute Gasteiger partial charge is 0.434 e. The van der Waals surface area contributed by atoms with Crippen molar-refractivity contribution in [1.29, 1.82) is 0 Å². The highest BCUT2D eigenvalue weighted by molar-refractivity contribution is 6.04.